The molecule has 5 nitrogen and oxygen atoms in total. The number of nitrogens with zero attached hydrogens (tertiary/aromatic N) is 3. The van der Waals surface area contributed by atoms with Gasteiger partial charge < -0.3 is 19.5 Å². The lowest BCUT2D eigenvalue weighted by molar-refractivity contribution is 0.340. The first kappa shape index (κ1) is 20.4. The van der Waals surface area contributed by atoms with E-state index in [0.717, 1.165) is 23.7 Å². The molecule has 4 rings (SSSR count). The highest BCUT2D eigenvalue weighted by Gasteiger charge is 2.42. The highest BCUT2D eigenvalue weighted by molar-refractivity contribution is 7.80. The number of anilines is 1. The van der Waals surface area contributed by atoms with Crippen molar-refractivity contribution in [2.45, 2.75) is 46.3 Å². The van der Waals surface area contributed by atoms with Gasteiger partial charge in [-0.1, -0.05) is 6.07 Å². The average molecular weight is 421 g/mol. The Hall–Kier alpha value is -2.86. The predicted molar refractivity (Wildman–Crippen MR) is 125 cm³/mol. The maximum Gasteiger partial charge on any atom is 0.174 e. The second-order valence-corrected chi connectivity index (χ2v) is 7.88. The van der Waals surface area contributed by atoms with Crippen molar-refractivity contribution in [3.63, 3.8) is 0 Å². The molecule has 1 N–H and O–H groups in total. The number of rotatable bonds is 6. The minimum atomic E-state index is -0.0314. The molecule has 6 heteroatoms. The van der Waals surface area contributed by atoms with E-state index in [-0.39, 0.29) is 12.1 Å². The Morgan fingerprint density at radius 2 is 1.87 bits per heavy atom. The second kappa shape index (κ2) is 8.48. The predicted octanol–water partition coefficient (Wildman–Crippen LogP) is 5.10. The van der Waals surface area contributed by atoms with Crippen molar-refractivity contribution in [2.75, 3.05) is 11.5 Å². The zero-order valence-corrected chi connectivity index (χ0v) is 18.7. The van der Waals surface area contributed by atoms with Gasteiger partial charge in [0.05, 0.1) is 24.4 Å². The molecule has 1 aromatic carbocycles. The van der Waals surface area contributed by atoms with Crippen LogP contribution in [0, 0.1) is 13.8 Å². The monoisotopic (exact) mass is 420 g/mol. The average Bonchev–Trinajstić information content (AvgIpc) is 3.24. The van der Waals surface area contributed by atoms with Crippen LogP contribution in [0.1, 0.15) is 48.6 Å². The van der Waals surface area contributed by atoms with Crippen LogP contribution in [-0.2, 0) is 6.54 Å². The summed E-state index contributed by atoms with van der Waals surface area (Å²) in [5.74, 6) is 0.862. The highest BCUT2D eigenvalue weighted by atomic mass is 32.1. The summed E-state index contributed by atoms with van der Waals surface area (Å²) < 4.78 is 7.97. The molecule has 3 heterocycles. The van der Waals surface area contributed by atoms with Gasteiger partial charge >= 0.3 is 0 Å². The molecule has 0 spiro atoms. The molecule has 1 saturated heterocycles. The molecule has 30 heavy (non-hydrogen) atoms. The summed E-state index contributed by atoms with van der Waals surface area (Å²) in [6.45, 7) is 10.1. The lowest BCUT2D eigenvalue weighted by Crippen LogP contribution is -2.29. The summed E-state index contributed by atoms with van der Waals surface area (Å²) in [5, 5.41) is 4.24. The number of hydrogen-bond donors (Lipinski definition) is 1. The molecule has 0 radical (unpaired) electrons. The van der Waals surface area contributed by atoms with Crippen LogP contribution >= 0.6 is 12.2 Å². The Morgan fingerprint density at radius 3 is 2.47 bits per heavy atom. The third kappa shape index (κ3) is 3.56. The van der Waals surface area contributed by atoms with Crippen molar-refractivity contribution in [3.8, 4) is 5.75 Å². The Bertz CT molecular complexity index is 1030. The van der Waals surface area contributed by atoms with Crippen LogP contribution in [0.3, 0.4) is 0 Å². The first-order valence-electron chi connectivity index (χ1n) is 10.4. The standard InChI is InChI=1S/C24H28N4OS/c1-5-27-16(3)15-20(17(27)4)23-22(21-9-7-8-14-25-21)26-24(30)28(23)18-10-12-19(13-11-18)29-6-2/h7-15,22-23H,5-6H2,1-4H3,(H,26,30)/t22-,23-/m0/s1. The summed E-state index contributed by atoms with van der Waals surface area (Å²) in [6.07, 6.45) is 1.84. The zero-order chi connectivity index (χ0) is 21.3. The van der Waals surface area contributed by atoms with Gasteiger partial charge in [-0.15, -0.1) is 0 Å². The molecule has 1 fully saturated rings. The van der Waals surface area contributed by atoms with Crippen molar-refractivity contribution in [1.82, 2.24) is 14.9 Å². The van der Waals surface area contributed by atoms with E-state index >= 15 is 0 Å². The molecule has 2 atom stereocenters. The minimum Gasteiger partial charge on any atom is -0.494 e. The van der Waals surface area contributed by atoms with Crippen molar-refractivity contribution >= 4 is 23.0 Å². The van der Waals surface area contributed by atoms with E-state index in [0.29, 0.717) is 11.7 Å². The Morgan fingerprint density at radius 1 is 1.10 bits per heavy atom. The molecule has 0 saturated carbocycles. The summed E-state index contributed by atoms with van der Waals surface area (Å²) in [7, 11) is 0. The number of pyridine rings is 1. The molecule has 0 unspecified atom stereocenters. The number of aromatic nitrogens is 2. The molecule has 156 valence electrons. The first-order chi connectivity index (χ1) is 14.5. The Balaban J connectivity index is 1.82. The molecule has 1 aliphatic heterocycles. The van der Waals surface area contributed by atoms with E-state index in [1.807, 2.05) is 37.4 Å². The normalized spacial score (nSPS) is 18.5. The van der Waals surface area contributed by atoms with Crippen molar-refractivity contribution < 1.29 is 4.74 Å². The number of hydrogen-bond acceptors (Lipinski definition) is 3. The quantitative estimate of drug-likeness (QED) is 0.562. The van der Waals surface area contributed by atoms with Crippen LogP contribution in [-0.4, -0.2) is 21.3 Å². The SMILES string of the molecule is CCOc1ccc(N2C(=S)N[C@@H](c3ccccn3)[C@@H]2c2cc(C)n(CC)c2C)cc1. The van der Waals surface area contributed by atoms with E-state index in [2.05, 4.69) is 64.8 Å². The molecule has 1 aliphatic rings. The number of thiocarbonyl (C=S) groups is 1. The van der Waals surface area contributed by atoms with E-state index in [9.17, 15) is 0 Å². The van der Waals surface area contributed by atoms with Gasteiger partial charge in [-0.3, -0.25) is 4.98 Å². The van der Waals surface area contributed by atoms with Crippen LogP contribution in [0.5, 0.6) is 5.75 Å². The number of benzene rings is 1. The van der Waals surface area contributed by atoms with Gasteiger partial charge in [-0.25, -0.2) is 0 Å². The van der Waals surface area contributed by atoms with Crippen LogP contribution in [0.2, 0.25) is 0 Å². The van der Waals surface area contributed by atoms with Gasteiger partial charge in [-0.2, -0.15) is 0 Å². The van der Waals surface area contributed by atoms with Crippen LogP contribution in [0.25, 0.3) is 0 Å². The highest BCUT2D eigenvalue weighted by Crippen LogP contribution is 2.43. The molecule has 0 bridgehead atoms. The maximum atomic E-state index is 5.82. The first-order valence-corrected chi connectivity index (χ1v) is 10.9. The topological polar surface area (TPSA) is 42.3 Å². The largest absolute Gasteiger partial charge is 0.494 e. The molecule has 3 aromatic rings. The lowest BCUT2D eigenvalue weighted by Gasteiger charge is -2.28. The smallest absolute Gasteiger partial charge is 0.174 e. The van der Waals surface area contributed by atoms with E-state index in [4.69, 9.17) is 17.0 Å². The molecule has 0 aliphatic carbocycles. The fraction of sp³-hybridized carbons (Fsp3) is 0.333. The third-order valence-corrected chi connectivity index (χ3v) is 6.09. The van der Waals surface area contributed by atoms with Gasteiger partial charge in [0, 0.05) is 29.8 Å². The van der Waals surface area contributed by atoms with E-state index < -0.39 is 0 Å². The van der Waals surface area contributed by atoms with Gasteiger partial charge in [0.25, 0.3) is 0 Å². The number of aryl methyl sites for hydroxylation is 1. The van der Waals surface area contributed by atoms with Gasteiger partial charge in [0.15, 0.2) is 5.11 Å². The van der Waals surface area contributed by atoms with Crippen molar-refractivity contribution in [3.05, 3.63) is 77.4 Å². The summed E-state index contributed by atoms with van der Waals surface area (Å²) in [6, 6.07) is 16.5. The molecule has 2 aromatic heterocycles. The van der Waals surface area contributed by atoms with E-state index in [1.165, 1.54) is 17.0 Å². The minimum absolute atomic E-state index is 0.0110. The summed E-state index contributed by atoms with van der Waals surface area (Å²) >= 11 is 5.82. The number of nitrogens with one attached hydrogen (secondary N) is 1. The number of ether oxygens (including phenoxy) is 1. The van der Waals surface area contributed by atoms with Crippen LogP contribution in [0.15, 0.2) is 54.7 Å². The van der Waals surface area contributed by atoms with Crippen LogP contribution < -0.4 is 15.0 Å². The Labute approximate surface area is 183 Å². The summed E-state index contributed by atoms with van der Waals surface area (Å²) in [4.78, 5) is 6.86. The third-order valence-electron chi connectivity index (χ3n) is 5.77. The van der Waals surface area contributed by atoms with Crippen LogP contribution in [0.4, 0.5) is 5.69 Å². The van der Waals surface area contributed by atoms with Gasteiger partial charge in [-0.05, 0) is 87.9 Å². The Kier molecular flexibility index (Phi) is 5.77. The van der Waals surface area contributed by atoms with Crippen molar-refractivity contribution in [1.29, 1.82) is 0 Å². The van der Waals surface area contributed by atoms with Crippen molar-refractivity contribution in [2.24, 2.45) is 0 Å². The maximum absolute atomic E-state index is 5.82. The van der Waals surface area contributed by atoms with Gasteiger partial charge in [0.1, 0.15) is 5.75 Å². The fourth-order valence-corrected chi connectivity index (χ4v) is 4.78. The zero-order valence-electron chi connectivity index (χ0n) is 17.9. The molecular formula is C24H28N4OS. The van der Waals surface area contributed by atoms with Gasteiger partial charge in [0.2, 0.25) is 0 Å². The fourth-order valence-electron chi connectivity index (χ4n) is 4.43. The second-order valence-electron chi connectivity index (χ2n) is 7.49. The lowest BCUT2D eigenvalue weighted by atomic mass is 9.96. The molecule has 0 amide bonds. The van der Waals surface area contributed by atoms with E-state index in [1.54, 1.807) is 0 Å². The summed E-state index contributed by atoms with van der Waals surface area (Å²) in [5.41, 5.74) is 5.82. The molecular weight excluding hydrogens is 392 g/mol.